The van der Waals surface area contributed by atoms with Crippen LogP contribution in [-0.2, 0) is 0 Å². The molecule has 1 aromatic carbocycles. The number of aliphatic hydroxyl groups excluding tert-OH is 1. The third-order valence-corrected chi connectivity index (χ3v) is 3.58. The second-order valence-corrected chi connectivity index (χ2v) is 4.87. The van der Waals surface area contributed by atoms with Crippen LogP contribution in [0, 0.1) is 5.92 Å². The van der Waals surface area contributed by atoms with E-state index in [9.17, 15) is 5.11 Å². The van der Waals surface area contributed by atoms with Crippen molar-refractivity contribution in [2.45, 2.75) is 18.9 Å². The predicted molar refractivity (Wildman–Crippen MR) is 64.9 cm³/mol. The zero-order chi connectivity index (χ0) is 11.7. The van der Waals surface area contributed by atoms with Gasteiger partial charge in [-0.2, -0.15) is 0 Å². The Morgan fingerprint density at radius 3 is 2.31 bits per heavy atom. The molecule has 1 N–H and O–H groups in total. The molecule has 1 atom stereocenters. The van der Waals surface area contributed by atoms with Crippen molar-refractivity contribution in [1.82, 2.24) is 0 Å². The van der Waals surface area contributed by atoms with E-state index < -0.39 is 6.10 Å². The van der Waals surface area contributed by atoms with Crippen molar-refractivity contribution in [2.24, 2.45) is 5.92 Å². The van der Waals surface area contributed by atoms with Crippen molar-refractivity contribution in [1.29, 1.82) is 0 Å². The molecule has 0 amide bonds. The zero-order valence-corrected chi connectivity index (χ0v) is 11.0. The maximum atomic E-state index is 10.1. The van der Waals surface area contributed by atoms with E-state index in [2.05, 4.69) is 15.9 Å². The third-order valence-electron chi connectivity index (χ3n) is 2.89. The smallest absolute Gasteiger partial charge is 0.161 e. The van der Waals surface area contributed by atoms with E-state index in [1.54, 1.807) is 14.2 Å². The Hall–Kier alpha value is -0.740. The first-order chi connectivity index (χ1) is 7.67. The van der Waals surface area contributed by atoms with E-state index in [1.165, 1.54) is 0 Å². The van der Waals surface area contributed by atoms with Crippen molar-refractivity contribution < 1.29 is 14.6 Å². The molecule has 1 aliphatic carbocycles. The topological polar surface area (TPSA) is 38.7 Å². The monoisotopic (exact) mass is 286 g/mol. The second kappa shape index (κ2) is 4.63. The van der Waals surface area contributed by atoms with Gasteiger partial charge in [-0.05, 0) is 36.5 Å². The number of aliphatic hydroxyl groups is 1. The highest BCUT2D eigenvalue weighted by atomic mass is 79.9. The highest BCUT2D eigenvalue weighted by Gasteiger charge is 2.32. The molecular formula is C12H15BrO3. The molecule has 4 heteroatoms. The summed E-state index contributed by atoms with van der Waals surface area (Å²) in [5, 5.41) is 10.1. The fourth-order valence-electron chi connectivity index (χ4n) is 1.76. The Bertz CT molecular complexity index is 388. The molecule has 0 spiro atoms. The first-order valence-electron chi connectivity index (χ1n) is 5.27. The molecule has 0 aliphatic heterocycles. The van der Waals surface area contributed by atoms with Crippen molar-refractivity contribution in [3.63, 3.8) is 0 Å². The van der Waals surface area contributed by atoms with Gasteiger partial charge in [0.2, 0.25) is 0 Å². The summed E-state index contributed by atoms with van der Waals surface area (Å²) in [4.78, 5) is 0. The van der Waals surface area contributed by atoms with E-state index in [1.807, 2.05) is 12.1 Å². The van der Waals surface area contributed by atoms with Crippen molar-refractivity contribution in [3.8, 4) is 11.5 Å². The number of benzene rings is 1. The quantitative estimate of drug-likeness (QED) is 0.925. The first-order valence-corrected chi connectivity index (χ1v) is 6.06. The number of rotatable bonds is 4. The van der Waals surface area contributed by atoms with Crippen LogP contribution in [0.2, 0.25) is 0 Å². The molecule has 0 radical (unpaired) electrons. The molecule has 0 bridgehead atoms. The van der Waals surface area contributed by atoms with E-state index in [0.29, 0.717) is 17.4 Å². The lowest BCUT2D eigenvalue weighted by molar-refractivity contribution is 0.152. The molecule has 0 saturated heterocycles. The van der Waals surface area contributed by atoms with Gasteiger partial charge in [0.15, 0.2) is 11.5 Å². The number of ether oxygens (including phenoxy) is 2. The number of methoxy groups -OCH3 is 2. The van der Waals surface area contributed by atoms with E-state index in [-0.39, 0.29) is 0 Å². The van der Waals surface area contributed by atoms with Crippen LogP contribution in [0.5, 0.6) is 11.5 Å². The van der Waals surface area contributed by atoms with Gasteiger partial charge in [-0.1, -0.05) is 15.9 Å². The summed E-state index contributed by atoms with van der Waals surface area (Å²) in [7, 11) is 3.19. The maximum Gasteiger partial charge on any atom is 0.161 e. The van der Waals surface area contributed by atoms with Crippen LogP contribution in [-0.4, -0.2) is 19.3 Å². The Morgan fingerprint density at radius 2 is 1.81 bits per heavy atom. The summed E-state index contributed by atoms with van der Waals surface area (Å²) in [6, 6.07) is 3.67. The summed E-state index contributed by atoms with van der Waals surface area (Å²) in [6.45, 7) is 0. The van der Waals surface area contributed by atoms with Crippen LogP contribution in [0.3, 0.4) is 0 Å². The minimum atomic E-state index is -0.408. The van der Waals surface area contributed by atoms with Crippen LogP contribution in [0.4, 0.5) is 0 Å². The average Bonchev–Trinajstić information content (AvgIpc) is 3.11. The van der Waals surface area contributed by atoms with Gasteiger partial charge in [0.1, 0.15) is 0 Å². The van der Waals surface area contributed by atoms with Crippen LogP contribution in [0.25, 0.3) is 0 Å². The average molecular weight is 287 g/mol. The third kappa shape index (κ3) is 2.18. The Morgan fingerprint density at radius 1 is 1.25 bits per heavy atom. The molecule has 1 aliphatic rings. The molecule has 16 heavy (non-hydrogen) atoms. The molecule has 88 valence electrons. The first kappa shape index (κ1) is 11.7. The number of halogens is 1. The molecular weight excluding hydrogens is 272 g/mol. The number of hydrogen-bond donors (Lipinski definition) is 1. The molecule has 1 saturated carbocycles. The summed E-state index contributed by atoms with van der Waals surface area (Å²) in [5.41, 5.74) is 0.875. The van der Waals surface area contributed by atoms with Gasteiger partial charge in [0.25, 0.3) is 0 Å². The number of hydrogen-bond acceptors (Lipinski definition) is 3. The largest absolute Gasteiger partial charge is 0.493 e. The van der Waals surface area contributed by atoms with Gasteiger partial charge in [0.05, 0.1) is 20.3 Å². The van der Waals surface area contributed by atoms with Crippen LogP contribution < -0.4 is 9.47 Å². The van der Waals surface area contributed by atoms with E-state index in [0.717, 1.165) is 22.9 Å². The fraction of sp³-hybridized carbons (Fsp3) is 0.500. The lowest BCUT2D eigenvalue weighted by Gasteiger charge is -2.15. The van der Waals surface area contributed by atoms with Gasteiger partial charge in [-0.25, -0.2) is 0 Å². The molecule has 0 aromatic heterocycles. The van der Waals surface area contributed by atoms with Crippen LogP contribution in [0.1, 0.15) is 24.5 Å². The van der Waals surface area contributed by atoms with Gasteiger partial charge in [-0.3, -0.25) is 0 Å². The molecule has 3 nitrogen and oxygen atoms in total. The Balaban J connectivity index is 2.37. The van der Waals surface area contributed by atoms with Gasteiger partial charge < -0.3 is 14.6 Å². The summed E-state index contributed by atoms with van der Waals surface area (Å²) < 4.78 is 11.3. The Kier molecular flexibility index (Phi) is 3.40. The van der Waals surface area contributed by atoms with Crippen molar-refractivity contribution in [2.75, 3.05) is 14.2 Å². The SMILES string of the molecule is COc1cc(Br)c(C(O)C2CC2)cc1OC. The van der Waals surface area contributed by atoms with Gasteiger partial charge in [0, 0.05) is 4.47 Å². The fourth-order valence-corrected chi connectivity index (χ4v) is 2.32. The molecule has 2 rings (SSSR count). The minimum absolute atomic E-state index is 0.398. The standard InChI is InChI=1S/C12H15BrO3/c1-15-10-5-8(12(14)7-3-4-7)9(13)6-11(10)16-2/h5-7,12,14H,3-4H2,1-2H3. The zero-order valence-electron chi connectivity index (χ0n) is 9.37. The highest BCUT2D eigenvalue weighted by Crippen LogP contribution is 2.45. The Labute approximate surface area is 104 Å². The van der Waals surface area contributed by atoms with Gasteiger partial charge >= 0.3 is 0 Å². The van der Waals surface area contributed by atoms with Crippen molar-refractivity contribution >= 4 is 15.9 Å². The van der Waals surface area contributed by atoms with Crippen LogP contribution in [0.15, 0.2) is 16.6 Å². The highest BCUT2D eigenvalue weighted by molar-refractivity contribution is 9.10. The van der Waals surface area contributed by atoms with E-state index >= 15 is 0 Å². The summed E-state index contributed by atoms with van der Waals surface area (Å²) in [5.74, 6) is 1.72. The molecule has 0 heterocycles. The summed E-state index contributed by atoms with van der Waals surface area (Å²) in [6.07, 6.45) is 1.79. The molecule has 1 fully saturated rings. The second-order valence-electron chi connectivity index (χ2n) is 4.01. The molecule has 1 aromatic rings. The normalized spacial score (nSPS) is 17.0. The lowest BCUT2D eigenvalue weighted by atomic mass is 10.0. The van der Waals surface area contributed by atoms with Crippen LogP contribution >= 0.6 is 15.9 Å². The summed E-state index contributed by atoms with van der Waals surface area (Å²) >= 11 is 3.45. The van der Waals surface area contributed by atoms with Crippen molar-refractivity contribution in [3.05, 3.63) is 22.2 Å². The predicted octanol–water partition coefficient (Wildman–Crippen LogP) is 2.91. The minimum Gasteiger partial charge on any atom is -0.493 e. The van der Waals surface area contributed by atoms with Gasteiger partial charge in [-0.15, -0.1) is 0 Å². The van der Waals surface area contributed by atoms with E-state index in [4.69, 9.17) is 9.47 Å². The molecule has 1 unspecified atom stereocenters. The lowest BCUT2D eigenvalue weighted by Crippen LogP contribution is -2.02. The maximum absolute atomic E-state index is 10.1.